The summed E-state index contributed by atoms with van der Waals surface area (Å²) in [5, 5.41) is 9.03. The number of alkyl halides is 3. The molecule has 1 aliphatic heterocycles. The van der Waals surface area contributed by atoms with E-state index in [4.69, 9.17) is 17.3 Å². The summed E-state index contributed by atoms with van der Waals surface area (Å²) in [6.07, 6.45) is -2.97. The summed E-state index contributed by atoms with van der Waals surface area (Å²) in [4.78, 5) is 25.1. The van der Waals surface area contributed by atoms with Crippen LogP contribution in [0.5, 0.6) is 0 Å². The second-order valence-corrected chi connectivity index (χ2v) is 7.17. The lowest BCUT2D eigenvalue weighted by Gasteiger charge is -2.15. The molecule has 1 aliphatic rings. The van der Waals surface area contributed by atoms with Crippen LogP contribution >= 0.6 is 24.0 Å². The quantitative estimate of drug-likeness (QED) is 0.583. The zero-order valence-electron chi connectivity index (χ0n) is 13.4. The van der Waals surface area contributed by atoms with Crippen molar-refractivity contribution >= 4 is 51.9 Å². The Balaban J connectivity index is 1.89. The average Bonchev–Trinajstić information content (AvgIpc) is 2.88. The van der Waals surface area contributed by atoms with E-state index in [1.165, 1.54) is 30.3 Å². The van der Waals surface area contributed by atoms with Crippen molar-refractivity contribution in [3.8, 4) is 0 Å². The van der Waals surface area contributed by atoms with Crippen LogP contribution in [0, 0.1) is 0 Å². The van der Waals surface area contributed by atoms with Gasteiger partial charge in [-0.25, -0.2) is 4.79 Å². The summed E-state index contributed by atoms with van der Waals surface area (Å²) in [5.74, 6) is -1.58. The maximum absolute atomic E-state index is 12.7. The highest BCUT2D eigenvalue weighted by Gasteiger charge is 2.35. The first-order valence-corrected chi connectivity index (χ1v) is 8.68. The minimum Gasteiger partial charge on any atom is -0.478 e. The predicted octanol–water partition coefficient (Wildman–Crippen LogP) is 4.81. The normalized spacial score (nSPS) is 16.3. The van der Waals surface area contributed by atoms with Gasteiger partial charge in [0.05, 0.1) is 21.7 Å². The monoisotopic (exact) mass is 409 g/mol. The molecule has 1 heterocycles. The van der Waals surface area contributed by atoms with Gasteiger partial charge < -0.3 is 5.11 Å². The van der Waals surface area contributed by atoms with E-state index < -0.39 is 23.6 Å². The van der Waals surface area contributed by atoms with Crippen molar-refractivity contribution in [3.05, 3.63) is 70.1 Å². The second-order valence-electron chi connectivity index (χ2n) is 5.49. The topological polar surface area (TPSA) is 57.6 Å². The summed E-state index contributed by atoms with van der Waals surface area (Å²) in [5.41, 5.74) is -0.0179. The molecular formula is C18H10F3NO3S2. The zero-order valence-corrected chi connectivity index (χ0v) is 15.0. The summed E-state index contributed by atoms with van der Waals surface area (Å²) in [6.45, 7) is 0. The summed E-state index contributed by atoms with van der Waals surface area (Å²) in [6, 6.07) is 10.1. The maximum atomic E-state index is 12.7. The minimum atomic E-state index is -4.47. The van der Waals surface area contributed by atoms with Crippen LogP contribution in [-0.2, 0) is 11.0 Å². The van der Waals surface area contributed by atoms with E-state index in [9.17, 15) is 22.8 Å². The Hall–Kier alpha value is -2.65. The van der Waals surface area contributed by atoms with Gasteiger partial charge in [0, 0.05) is 0 Å². The molecule has 1 amide bonds. The third-order valence-corrected chi connectivity index (χ3v) is 4.98. The first-order chi connectivity index (χ1) is 12.7. The number of benzene rings is 2. The van der Waals surface area contributed by atoms with Crippen LogP contribution in [-0.4, -0.2) is 21.3 Å². The summed E-state index contributed by atoms with van der Waals surface area (Å²) < 4.78 is 38.2. The molecule has 0 spiro atoms. The lowest BCUT2D eigenvalue weighted by Crippen LogP contribution is -2.27. The van der Waals surface area contributed by atoms with Crippen LogP contribution in [0.25, 0.3) is 6.08 Å². The number of rotatable bonds is 3. The Morgan fingerprint density at radius 2 is 1.81 bits per heavy atom. The average molecular weight is 409 g/mol. The fourth-order valence-electron chi connectivity index (χ4n) is 2.40. The molecule has 2 aromatic rings. The number of thiocarbonyl (C=S) groups is 1. The van der Waals surface area contributed by atoms with Crippen LogP contribution < -0.4 is 4.90 Å². The Kier molecular flexibility index (Phi) is 5.07. The number of halogens is 3. The van der Waals surface area contributed by atoms with Gasteiger partial charge in [0.15, 0.2) is 4.32 Å². The van der Waals surface area contributed by atoms with Gasteiger partial charge in [0.25, 0.3) is 5.91 Å². The number of carboxylic acid groups (broad SMARTS) is 1. The molecule has 1 N–H and O–H groups in total. The number of carbonyl (C=O) groups is 2. The van der Waals surface area contributed by atoms with Gasteiger partial charge in [0.2, 0.25) is 0 Å². The number of carbonyl (C=O) groups excluding carboxylic acids is 1. The predicted molar refractivity (Wildman–Crippen MR) is 100 cm³/mol. The standard InChI is InChI=1S/C18H10F3NO3S2/c19-18(20,21)12-4-6-13(7-5-12)22-15(23)14(27-17(22)26)9-10-2-1-3-11(8-10)16(24)25/h1-9H,(H,24,25)/b14-9+. The van der Waals surface area contributed by atoms with Gasteiger partial charge in [0.1, 0.15) is 0 Å². The SMILES string of the molecule is O=C(O)c1cccc(/C=C2/SC(=S)N(c3ccc(C(F)(F)F)cc3)C2=O)c1. The van der Waals surface area contributed by atoms with E-state index in [2.05, 4.69) is 0 Å². The zero-order chi connectivity index (χ0) is 19.8. The number of hydrogen-bond donors (Lipinski definition) is 1. The Labute approximate surface area is 161 Å². The highest BCUT2D eigenvalue weighted by molar-refractivity contribution is 8.27. The van der Waals surface area contributed by atoms with Crippen LogP contribution in [0.15, 0.2) is 53.4 Å². The molecule has 2 aromatic carbocycles. The van der Waals surface area contributed by atoms with Crippen LogP contribution in [0.1, 0.15) is 21.5 Å². The molecule has 27 heavy (non-hydrogen) atoms. The molecular weight excluding hydrogens is 399 g/mol. The van der Waals surface area contributed by atoms with E-state index in [-0.39, 0.29) is 20.5 Å². The number of nitrogens with zero attached hydrogens (tertiary/aromatic N) is 1. The van der Waals surface area contributed by atoms with E-state index >= 15 is 0 Å². The van der Waals surface area contributed by atoms with Gasteiger partial charge in [-0.15, -0.1) is 0 Å². The van der Waals surface area contributed by atoms with Crippen molar-refractivity contribution in [3.63, 3.8) is 0 Å². The number of anilines is 1. The Morgan fingerprint density at radius 3 is 2.41 bits per heavy atom. The fourth-order valence-corrected chi connectivity index (χ4v) is 3.70. The number of aromatic carboxylic acids is 1. The highest BCUT2D eigenvalue weighted by atomic mass is 32.2. The Morgan fingerprint density at radius 1 is 1.15 bits per heavy atom. The molecule has 0 radical (unpaired) electrons. The smallest absolute Gasteiger partial charge is 0.416 e. The minimum absolute atomic E-state index is 0.0713. The third kappa shape index (κ3) is 4.04. The molecule has 4 nitrogen and oxygen atoms in total. The second kappa shape index (κ2) is 7.16. The molecule has 138 valence electrons. The van der Waals surface area contributed by atoms with Crippen LogP contribution in [0.3, 0.4) is 0 Å². The van der Waals surface area contributed by atoms with Gasteiger partial charge in [-0.05, 0) is 48.0 Å². The van der Waals surface area contributed by atoms with Gasteiger partial charge in [-0.2, -0.15) is 13.2 Å². The number of thioether (sulfide) groups is 1. The lowest BCUT2D eigenvalue weighted by molar-refractivity contribution is -0.137. The molecule has 0 aromatic heterocycles. The Bertz CT molecular complexity index is 969. The van der Waals surface area contributed by atoms with Crippen molar-refractivity contribution in [2.45, 2.75) is 6.18 Å². The van der Waals surface area contributed by atoms with Crippen LogP contribution in [0.2, 0.25) is 0 Å². The molecule has 1 fully saturated rings. The highest BCUT2D eigenvalue weighted by Crippen LogP contribution is 2.37. The molecule has 0 unspecified atom stereocenters. The first-order valence-electron chi connectivity index (χ1n) is 7.45. The number of amides is 1. The molecule has 0 bridgehead atoms. The van der Waals surface area contributed by atoms with Gasteiger partial charge in [-0.3, -0.25) is 9.69 Å². The number of hydrogen-bond acceptors (Lipinski definition) is 4. The molecule has 0 aliphatic carbocycles. The summed E-state index contributed by atoms with van der Waals surface area (Å²) in [7, 11) is 0. The molecule has 0 atom stereocenters. The van der Waals surface area contributed by atoms with Crippen LogP contribution in [0.4, 0.5) is 18.9 Å². The van der Waals surface area contributed by atoms with E-state index in [1.807, 2.05) is 0 Å². The van der Waals surface area contributed by atoms with Crippen molar-refractivity contribution in [1.82, 2.24) is 0 Å². The third-order valence-electron chi connectivity index (χ3n) is 3.68. The lowest BCUT2D eigenvalue weighted by atomic mass is 10.1. The van der Waals surface area contributed by atoms with Crippen molar-refractivity contribution < 1.29 is 27.9 Å². The van der Waals surface area contributed by atoms with E-state index in [1.54, 1.807) is 12.1 Å². The van der Waals surface area contributed by atoms with E-state index in [0.29, 0.717) is 5.56 Å². The van der Waals surface area contributed by atoms with Crippen molar-refractivity contribution in [2.24, 2.45) is 0 Å². The first kappa shape index (κ1) is 19.1. The molecule has 3 rings (SSSR count). The van der Waals surface area contributed by atoms with Crippen molar-refractivity contribution in [2.75, 3.05) is 4.90 Å². The fraction of sp³-hybridized carbons (Fsp3) is 0.0556. The molecule has 0 saturated carbocycles. The number of carboxylic acids is 1. The largest absolute Gasteiger partial charge is 0.478 e. The maximum Gasteiger partial charge on any atom is 0.416 e. The summed E-state index contributed by atoms with van der Waals surface area (Å²) >= 11 is 6.17. The van der Waals surface area contributed by atoms with E-state index in [0.717, 1.165) is 28.8 Å². The molecule has 9 heteroatoms. The molecule has 1 saturated heterocycles. The van der Waals surface area contributed by atoms with Crippen molar-refractivity contribution in [1.29, 1.82) is 0 Å². The van der Waals surface area contributed by atoms with Gasteiger partial charge in [-0.1, -0.05) is 36.1 Å². The van der Waals surface area contributed by atoms with Gasteiger partial charge >= 0.3 is 12.1 Å².